The van der Waals surface area contributed by atoms with E-state index in [1.807, 2.05) is 25.1 Å². The van der Waals surface area contributed by atoms with E-state index < -0.39 is 6.10 Å². The average molecular weight is 248 g/mol. The molecule has 0 radical (unpaired) electrons. The maximum absolute atomic E-state index is 11.6. The van der Waals surface area contributed by atoms with E-state index in [2.05, 4.69) is 12.1 Å². The van der Waals surface area contributed by atoms with Crippen molar-refractivity contribution in [1.82, 2.24) is 0 Å². The van der Waals surface area contributed by atoms with Gasteiger partial charge in [0.25, 0.3) is 0 Å². The Morgan fingerprint density at radius 1 is 1.29 bits per heavy atom. The molecule has 2 rings (SSSR count). The molecule has 3 heteroatoms. The Kier molecular flexibility index (Phi) is 4.02. The SMILES string of the molecule is CC1=C(CSCc2ccccc2)C(=O)CC1O. The summed E-state index contributed by atoms with van der Waals surface area (Å²) in [4.78, 5) is 11.6. The number of hydrogen-bond acceptors (Lipinski definition) is 3. The van der Waals surface area contributed by atoms with Crippen LogP contribution in [0.4, 0.5) is 0 Å². The van der Waals surface area contributed by atoms with E-state index in [0.717, 1.165) is 16.9 Å². The van der Waals surface area contributed by atoms with Gasteiger partial charge in [-0.05, 0) is 18.1 Å². The van der Waals surface area contributed by atoms with Crippen LogP contribution >= 0.6 is 11.8 Å². The number of hydrogen-bond donors (Lipinski definition) is 1. The highest BCUT2D eigenvalue weighted by Gasteiger charge is 2.27. The molecule has 0 saturated heterocycles. The van der Waals surface area contributed by atoms with Gasteiger partial charge < -0.3 is 5.11 Å². The predicted molar refractivity (Wildman–Crippen MR) is 70.9 cm³/mol. The van der Waals surface area contributed by atoms with Crippen LogP contribution in [0.25, 0.3) is 0 Å². The molecule has 0 aromatic heterocycles. The van der Waals surface area contributed by atoms with Gasteiger partial charge in [0.05, 0.1) is 6.10 Å². The molecule has 17 heavy (non-hydrogen) atoms. The zero-order chi connectivity index (χ0) is 12.3. The maximum atomic E-state index is 11.6. The first-order valence-corrected chi connectivity index (χ1v) is 6.86. The molecule has 90 valence electrons. The molecule has 0 spiro atoms. The number of Topliss-reactive ketones (excluding diaryl/α,β-unsaturated/α-hetero) is 1. The summed E-state index contributed by atoms with van der Waals surface area (Å²) in [7, 11) is 0. The van der Waals surface area contributed by atoms with Crippen molar-refractivity contribution in [3.05, 3.63) is 47.0 Å². The van der Waals surface area contributed by atoms with E-state index in [1.165, 1.54) is 5.56 Å². The second-order valence-electron chi connectivity index (χ2n) is 4.28. The number of ketones is 1. The minimum atomic E-state index is -0.546. The van der Waals surface area contributed by atoms with Gasteiger partial charge in [0.15, 0.2) is 5.78 Å². The van der Waals surface area contributed by atoms with Crippen LogP contribution in [0.15, 0.2) is 41.5 Å². The van der Waals surface area contributed by atoms with Crippen molar-refractivity contribution in [3.8, 4) is 0 Å². The summed E-state index contributed by atoms with van der Waals surface area (Å²) in [6.07, 6.45) is -0.276. The van der Waals surface area contributed by atoms with Crippen LogP contribution in [0.2, 0.25) is 0 Å². The third-order valence-corrected chi connectivity index (χ3v) is 4.08. The topological polar surface area (TPSA) is 37.3 Å². The number of carbonyl (C=O) groups excluding carboxylic acids is 1. The lowest BCUT2D eigenvalue weighted by atomic mass is 10.2. The fraction of sp³-hybridized carbons (Fsp3) is 0.357. The van der Waals surface area contributed by atoms with E-state index >= 15 is 0 Å². The minimum Gasteiger partial charge on any atom is -0.388 e. The number of aliphatic hydroxyl groups excluding tert-OH is 1. The van der Waals surface area contributed by atoms with Crippen LogP contribution in [0.3, 0.4) is 0 Å². The fourth-order valence-corrected chi connectivity index (χ4v) is 3.04. The summed E-state index contributed by atoms with van der Waals surface area (Å²) < 4.78 is 0. The summed E-state index contributed by atoms with van der Waals surface area (Å²) in [5, 5.41) is 9.57. The van der Waals surface area contributed by atoms with Gasteiger partial charge in [0.1, 0.15) is 0 Å². The molecule has 0 saturated carbocycles. The molecule has 1 aromatic carbocycles. The van der Waals surface area contributed by atoms with Crippen molar-refractivity contribution in [2.45, 2.75) is 25.2 Å². The monoisotopic (exact) mass is 248 g/mol. The lowest BCUT2D eigenvalue weighted by Crippen LogP contribution is -2.03. The molecule has 0 bridgehead atoms. The molecular weight excluding hydrogens is 232 g/mol. The van der Waals surface area contributed by atoms with Crippen molar-refractivity contribution in [2.75, 3.05) is 5.75 Å². The number of benzene rings is 1. The molecule has 1 aromatic rings. The van der Waals surface area contributed by atoms with Crippen LogP contribution in [0.5, 0.6) is 0 Å². The highest BCUT2D eigenvalue weighted by Crippen LogP contribution is 2.27. The molecular formula is C14H16O2S. The largest absolute Gasteiger partial charge is 0.388 e. The van der Waals surface area contributed by atoms with Crippen molar-refractivity contribution < 1.29 is 9.90 Å². The molecule has 1 N–H and O–H groups in total. The first-order valence-electron chi connectivity index (χ1n) is 5.71. The van der Waals surface area contributed by atoms with Crippen molar-refractivity contribution in [1.29, 1.82) is 0 Å². The van der Waals surface area contributed by atoms with Crippen molar-refractivity contribution >= 4 is 17.5 Å². The predicted octanol–water partition coefficient (Wildman–Crippen LogP) is 2.57. The van der Waals surface area contributed by atoms with Gasteiger partial charge >= 0.3 is 0 Å². The van der Waals surface area contributed by atoms with Gasteiger partial charge in [-0.1, -0.05) is 30.3 Å². The van der Waals surface area contributed by atoms with Crippen LogP contribution in [0, 0.1) is 0 Å². The molecule has 1 unspecified atom stereocenters. The molecule has 0 amide bonds. The molecule has 0 aliphatic heterocycles. The molecule has 1 atom stereocenters. The summed E-state index contributed by atoms with van der Waals surface area (Å²) in [6.45, 7) is 1.86. The van der Waals surface area contributed by atoms with Crippen LogP contribution in [0.1, 0.15) is 18.9 Å². The number of rotatable bonds is 4. The minimum absolute atomic E-state index is 0.107. The van der Waals surface area contributed by atoms with Gasteiger partial charge in [0.2, 0.25) is 0 Å². The number of carbonyl (C=O) groups is 1. The zero-order valence-corrected chi connectivity index (χ0v) is 10.7. The zero-order valence-electron chi connectivity index (χ0n) is 9.85. The van der Waals surface area contributed by atoms with Crippen LogP contribution in [-0.4, -0.2) is 22.7 Å². The molecule has 1 aliphatic carbocycles. The molecule has 0 fully saturated rings. The van der Waals surface area contributed by atoms with E-state index in [1.54, 1.807) is 11.8 Å². The van der Waals surface area contributed by atoms with Gasteiger partial charge in [-0.3, -0.25) is 4.79 Å². The summed E-state index contributed by atoms with van der Waals surface area (Å²) in [5.41, 5.74) is 2.94. The maximum Gasteiger partial charge on any atom is 0.162 e. The van der Waals surface area contributed by atoms with Gasteiger partial charge in [-0.25, -0.2) is 0 Å². The summed E-state index contributed by atoms with van der Waals surface area (Å²) >= 11 is 1.72. The Balaban J connectivity index is 1.89. The van der Waals surface area contributed by atoms with Crippen molar-refractivity contribution in [2.24, 2.45) is 0 Å². The third-order valence-electron chi connectivity index (χ3n) is 3.05. The Morgan fingerprint density at radius 3 is 2.59 bits per heavy atom. The lowest BCUT2D eigenvalue weighted by Gasteiger charge is -2.04. The number of thioether (sulfide) groups is 1. The lowest BCUT2D eigenvalue weighted by molar-refractivity contribution is -0.115. The number of aliphatic hydroxyl groups is 1. The molecule has 0 heterocycles. The molecule has 2 nitrogen and oxygen atoms in total. The second-order valence-corrected chi connectivity index (χ2v) is 5.27. The Bertz CT molecular complexity index is 437. The first-order chi connectivity index (χ1) is 8.18. The Morgan fingerprint density at radius 2 is 2.00 bits per heavy atom. The third kappa shape index (κ3) is 2.99. The Labute approximate surface area is 106 Å². The van der Waals surface area contributed by atoms with E-state index in [4.69, 9.17) is 0 Å². The second kappa shape index (κ2) is 5.52. The van der Waals surface area contributed by atoms with Gasteiger partial charge in [-0.2, -0.15) is 11.8 Å². The van der Waals surface area contributed by atoms with Crippen LogP contribution in [-0.2, 0) is 10.5 Å². The highest BCUT2D eigenvalue weighted by molar-refractivity contribution is 7.98. The van der Waals surface area contributed by atoms with Gasteiger partial charge in [0, 0.05) is 23.5 Å². The Hall–Kier alpha value is -1.06. The smallest absolute Gasteiger partial charge is 0.162 e. The highest BCUT2D eigenvalue weighted by atomic mass is 32.2. The van der Waals surface area contributed by atoms with E-state index in [-0.39, 0.29) is 12.2 Å². The average Bonchev–Trinajstić information content (AvgIpc) is 2.57. The van der Waals surface area contributed by atoms with E-state index in [0.29, 0.717) is 5.75 Å². The first kappa shape index (κ1) is 12.4. The normalized spacial score (nSPS) is 20.1. The standard InChI is InChI=1S/C14H16O2S/c1-10-12(14(16)7-13(10)15)9-17-8-11-5-3-2-4-6-11/h2-6,13,15H,7-9H2,1H3. The fourth-order valence-electron chi connectivity index (χ4n) is 1.91. The van der Waals surface area contributed by atoms with Crippen molar-refractivity contribution in [3.63, 3.8) is 0 Å². The van der Waals surface area contributed by atoms with Crippen LogP contribution < -0.4 is 0 Å². The summed E-state index contributed by atoms with van der Waals surface area (Å²) in [5.74, 6) is 1.72. The van der Waals surface area contributed by atoms with E-state index in [9.17, 15) is 9.90 Å². The summed E-state index contributed by atoms with van der Waals surface area (Å²) in [6, 6.07) is 10.2. The molecule has 1 aliphatic rings. The quantitative estimate of drug-likeness (QED) is 0.890. The van der Waals surface area contributed by atoms with Gasteiger partial charge in [-0.15, -0.1) is 0 Å².